The zero-order chi connectivity index (χ0) is 8.60. The summed E-state index contributed by atoms with van der Waals surface area (Å²) in [5.41, 5.74) is -0.491. The summed E-state index contributed by atoms with van der Waals surface area (Å²) >= 11 is 0. The lowest BCUT2D eigenvalue weighted by Gasteiger charge is -2.09. The van der Waals surface area contributed by atoms with Crippen molar-refractivity contribution in [1.82, 2.24) is 0 Å². The van der Waals surface area contributed by atoms with Crippen LogP contribution in [0.5, 0.6) is 0 Å². The van der Waals surface area contributed by atoms with Gasteiger partial charge in [0.1, 0.15) is 0 Å². The molecule has 1 N–H and O–H groups in total. The van der Waals surface area contributed by atoms with E-state index in [0.29, 0.717) is 6.61 Å². The Hall–Kier alpha value is -0.570. The molecule has 0 aromatic rings. The highest BCUT2D eigenvalue weighted by Gasteiger charge is 2.50. The summed E-state index contributed by atoms with van der Waals surface area (Å²) in [5, 5.41) is 8.80. The smallest absolute Gasteiger partial charge is 0.311 e. The molecule has 2 aliphatic carbocycles. The molecular weight excluding hydrogens is 156 g/mol. The van der Waals surface area contributed by atoms with Gasteiger partial charge in [-0.3, -0.25) is 4.79 Å². The molecule has 0 heterocycles. The van der Waals surface area contributed by atoms with Crippen LogP contribution in [0.2, 0.25) is 0 Å². The highest BCUT2D eigenvalue weighted by atomic mass is 16.5. The van der Waals surface area contributed by atoms with E-state index in [0.717, 1.165) is 25.4 Å². The molecule has 3 heteroatoms. The first-order valence-corrected chi connectivity index (χ1v) is 4.54. The summed E-state index contributed by atoms with van der Waals surface area (Å²) in [6.45, 7) is 1.20. The molecule has 0 radical (unpaired) electrons. The van der Waals surface area contributed by atoms with Crippen LogP contribution in [-0.4, -0.2) is 24.3 Å². The second kappa shape index (κ2) is 2.73. The van der Waals surface area contributed by atoms with Gasteiger partial charge < -0.3 is 9.84 Å². The first kappa shape index (κ1) is 8.05. The predicted octanol–water partition coefficient (Wildman–Crippen LogP) is 1.28. The lowest BCUT2D eigenvalue weighted by Crippen LogP contribution is -2.21. The topological polar surface area (TPSA) is 46.5 Å². The van der Waals surface area contributed by atoms with E-state index >= 15 is 0 Å². The molecule has 0 bridgehead atoms. The van der Waals surface area contributed by atoms with E-state index in [2.05, 4.69) is 0 Å². The maximum absolute atomic E-state index is 10.7. The molecule has 0 spiro atoms. The maximum atomic E-state index is 10.7. The van der Waals surface area contributed by atoms with Crippen molar-refractivity contribution in [1.29, 1.82) is 0 Å². The van der Waals surface area contributed by atoms with Gasteiger partial charge in [0.15, 0.2) is 0 Å². The summed E-state index contributed by atoms with van der Waals surface area (Å²) in [6, 6.07) is 0. The van der Waals surface area contributed by atoms with Crippen molar-refractivity contribution in [2.24, 2.45) is 11.3 Å². The van der Waals surface area contributed by atoms with Crippen molar-refractivity contribution in [2.75, 3.05) is 13.2 Å². The van der Waals surface area contributed by atoms with Crippen LogP contribution >= 0.6 is 0 Å². The SMILES string of the molecule is O=C(O)C1(COCC2CC2)CC1. The molecule has 2 rings (SSSR count). The van der Waals surface area contributed by atoms with E-state index in [-0.39, 0.29) is 0 Å². The minimum absolute atomic E-state index is 0.429. The lowest BCUT2D eigenvalue weighted by atomic mass is 10.1. The average molecular weight is 170 g/mol. The molecule has 3 nitrogen and oxygen atoms in total. The fraction of sp³-hybridized carbons (Fsp3) is 0.889. The molecule has 0 atom stereocenters. The van der Waals surface area contributed by atoms with E-state index in [4.69, 9.17) is 9.84 Å². The monoisotopic (exact) mass is 170 g/mol. The van der Waals surface area contributed by atoms with Crippen LogP contribution in [0.15, 0.2) is 0 Å². The van der Waals surface area contributed by atoms with E-state index in [1.165, 1.54) is 12.8 Å². The molecule has 2 fully saturated rings. The Balaban J connectivity index is 1.67. The molecule has 0 aromatic carbocycles. The predicted molar refractivity (Wildman–Crippen MR) is 42.8 cm³/mol. The molecule has 0 aromatic heterocycles. The molecule has 0 saturated heterocycles. The Bertz CT molecular complexity index is 192. The first-order valence-electron chi connectivity index (χ1n) is 4.54. The Kier molecular flexibility index (Phi) is 1.83. The van der Waals surface area contributed by atoms with E-state index < -0.39 is 11.4 Å². The van der Waals surface area contributed by atoms with E-state index in [1.54, 1.807) is 0 Å². The van der Waals surface area contributed by atoms with Crippen molar-refractivity contribution >= 4 is 5.97 Å². The van der Waals surface area contributed by atoms with Crippen LogP contribution in [-0.2, 0) is 9.53 Å². The minimum atomic E-state index is -0.682. The highest BCUT2D eigenvalue weighted by molar-refractivity contribution is 5.77. The first-order chi connectivity index (χ1) is 5.73. The molecule has 2 aliphatic rings. The zero-order valence-corrected chi connectivity index (χ0v) is 7.08. The van der Waals surface area contributed by atoms with Crippen molar-refractivity contribution in [3.05, 3.63) is 0 Å². The number of rotatable bonds is 5. The van der Waals surface area contributed by atoms with Gasteiger partial charge >= 0.3 is 5.97 Å². The van der Waals surface area contributed by atoms with Crippen LogP contribution in [0.4, 0.5) is 0 Å². The van der Waals surface area contributed by atoms with Gasteiger partial charge in [0.2, 0.25) is 0 Å². The quantitative estimate of drug-likeness (QED) is 0.676. The summed E-state index contributed by atoms with van der Waals surface area (Å²) in [4.78, 5) is 10.7. The Morgan fingerprint density at radius 3 is 2.58 bits per heavy atom. The van der Waals surface area contributed by atoms with Crippen molar-refractivity contribution in [3.63, 3.8) is 0 Å². The molecule has 2 saturated carbocycles. The van der Waals surface area contributed by atoms with Gasteiger partial charge in [-0.25, -0.2) is 0 Å². The summed E-state index contributed by atoms with van der Waals surface area (Å²) in [5.74, 6) is 0.0490. The third kappa shape index (κ3) is 1.61. The van der Waals surface area contributed by atoms with Gasteiger partial charge in [-0.2, -0.15) is 0 Å². The van der Waals surface area contributed by atoms with Gasteiger partial charge in [0, 0.05) is 6.61 Å². The van der Waals surface area contributed by atoms with Crippen LogP contribution in [0.1, 0.15) is 25.7 Å². The molecule has 68 valence electrons. The van der Waals surface area contributed by atoms with Gasteiger partial charge in [0.25, 0.3) is 0 Å². The zero-order valence-electron chi connectivity index (χ0n) is 7.08. The van der Waals surface area contributed by atoms with Crippen LogP contribution < -0.4 is 0 Å². The van der Waals surface area contributed by atoms with Crippen LogP contribution in [0.25, 0.3) is 0 Å². The van der Waals surface area contributed by atoms with Gasteiger partial charge in [-0.1, -0.05) is 0 Å². The number of carbonyl (C=O) groups is 1. The number of ether oxygens (including phenoxy) is 1. The average Bonchev–Trinajstić information content (AvgIpc) is 2.79. The standard InChI is InChI=1S/C9H14O3/c10-8(11)9(3-4-9)6-12-5-7-1-2-7/h7H,1-6H2,(H,10,11). The largest absolute Gasteiger partial charge is 0.481 e. The fourth-order valence-electron chi connectivity index (χ4n) is 1.28. The molecule has 0 amide bonds. The number of hydrogen-bond acceptors (Lipinski definition) is 2. The Morgan fingerprint density at radius 2 is 2.17 bits per heavy atom. The van der Waals surface area contributed by atoms with Crippen LogP contribution in [0.3, 0.4) is 0 Å². The normalized spacial score (nSPS) is 25.3. The second-order valence-electron chi connectivity index (χ2n) is 4.04. The molecule has 0 aliphatic heterocycles. The third-order valence-electron chi connectivity index (χ3n) is 2.74. The molecular formula is C9H14O3. The van der Waals surface area contributed by atoms with Crippen LogP contribution in [0, 0.1) is 11.3 Å². The summed E-state index contributed by atoms with van der Waals surface area (Å²) in [6.07, 6.45) is 4.13. The van der Waals surface area contributed by atoms with Crippen molar-refractivity contribution in [2.45, 2.75) is 25.7 Å². The molecule has 0 unspecified atom stereocenters. The van der Waals surface area contributed by atoms with Gasteiger partial charge in [-0.05, 0) is 31.6 Å². The highest BCUT2D eigenvalue weighted by Crippen LogP contribution is 2.46. The van der Waals surface area contributed by atoms with Gasteiger partial charge in [0.05, 0.1) is 12.0 Å². The number of carboxylic acid groups (broad SMARTS) is 1. The fourth-order valence-corrected chi connectivity index (χ4v) is 1.28. The van der Waals surface area contributed by atoms with E-state index in [9.17, 15) is 4.79 Å². The lowest BCUT2D eigenvalue weighted by molar-refractivity contribution is -0.145. The van der Waals surface area contributed by atoms with Gasteiger partial charge in [-0.15, -0.1) is 0 Å². The second-order valence-corrected chi connectivity index (χ2v) is 4.04. The number of aliphatic carboxylic acids is 1. The maximum Gasteiger partial charge on any atom is 0.311 e. The summed E-state index contributed by atoms with van der Waals surface area (Å²) in [7, 11) is 0. The van der Waals surface area contributed by atoms with Crippen molar-refractivity contribution < 1.29 is 14.6 Å². The molecule has 12 heavy (non-hydrogen) atoms. The minimum Gasteiger partial charge on any atom is -0.481 e. The van der Waals surface area contributed by atoms with E-state index in [1.807, 2.05) is 0 Å². The number of hydrogen-bond donors (Lipinski definition) is 1. The van der Waals surface area contributed by atoms with Crippen molar-refractivity contribution in [3.8, 4) is 0 Å². The summed E-state index contributed by atoms with van der Waals surface area (Å²) < 4.78 is 5.37. The third-order valence-corrected chi connectivity index (χ3v) is 2.74. The Labute approximate surface area is 71.7 Å². The number of carboxylic acids is 1. The Morgan fingerprint density at radius 1 is 1.50 bits per heavy atom.